The predicted molar refractivity (Wildman–Crippen MR) is 104 cm³/mol. The van der Waals surface area contributed by atoms with Crippen LogP contribution < -0.4 is 10.6 Å². The molecule has 0 atom stereocenters. The van der Waals surface area contributed by atoms with E-state index in [2.05, 4.69) is 25.5 Å². The SMILES string of the molecule is CN1CCN(C)CC(C(=O)NCC(=O)Nc2ccc(-n3cccn3)cc2)C1. The van der Waals surface area contributed by atoms with Gasteiger partial charge in [0, 0.05) is 44.3 Å². The molecule has 0 bridgehead atoms. The highest BCUT2D eigenvalue weighted by Gasteiger charge is 2.25. The fourth-order valence-corrected chi connectivity index (χ4v) is 3.14. The first-order chi connectivity index (χ1) is 13.0. The molecule has 0 unspecified atom stereocenters. The number of hydrogen-bond donors (Lipinski definition) is 2. The lowest BCUT2D eigenvalue weighted by Gasteiger charge is -2.20. The van der Waals surface area contributed by atoms with Gasteiger partial charge in [0.25, 0.3) is 0 Å². The first-order valence-corrected chi connectivity index (χ1v) is 9.06. The summed E-state index contributed by atoms with van der Waals surface area (Å²) in [5.74, 6) is -0.464. The van der Waals surface area contributed by atoms with Gasteiger partial charge in [0.05, 0.1) is 18.2 Å². The minimum atomic E-state index is -0.245. The molecule has 0 radical (unpaired) electrons. The van der Waals surface area contributed by atoms with Crippen molar-refractivity contribution in [3.63, 3.8) is 0 Å². The van der Waals surface area contributed by atoms with Crippen molar-refractivity contribution in [2.24, 2.45) is 5.92 Å². The van der Waals surface area contributed by atoms with E-state index in [0.29, 0.717) is 18.8 Å². The molecule has 1 aliphatic rings. The van der Waals surface area contributed by atoms with Gasteiger partial charge in [-0.2, -0.15) is 5.10 Å². The molecule has 0 aliphatic carbocycles. The highest BCUT2D eigenvalue weighted by Crippen LogP contribution is 2.12. The predicted octanol–water partition coefficient (Wildman–Crippen LogP) is 0.420. The van der Waals surface area contributed by atoms with E-state index in [-0.39, 0.29) is 24.3 Å². The summed E-state index contributed by atoms with van der Waals surface area (Å²) < 4.78 is 1.74. The normalized spacial score (nSPS) is 16.7. The summed E-state index contributed by atoms with van der Waals surface area (Å²) in [4.78, 5) is 28.9. The maximum atomic E-state index is 12.4. The molecule has 2 N–H and O–H groups in total. The zero-order chi connectivity index (χ0) is 19.2. The first-order valence-electron chi connectivity index (χ1n) is 9.06. The second-order valence-electron chi connectivity index (χ2n) is 6.98. The third-order valence-electron chi connectivity index (χ3n) is 4.64. The van der Waals surface area contributed by atoms with E-state index >= 15 is 0 Å². The van der Waals surface area contributed by atoms with E-state index in [4.69, 9.17) is 0 Å². The summed E-state index contributed by atoms with van der Waals surface area (Å²) in [7, 11) is 4.03. The molecule has 0 saturated carbocycles. The van der Waals surface area contributed by atoms with Crippen LogP contribution in [0.15, 0.2) is 42.7 Å². The minimum absolute atomic E-state index is 0.0380. The number of carbonyl (C=O) groups excluding carboxylic acids is 2. The monoisotopic (exact) mass is 370 g/mol. The molecule has 1 fully saturated rings. The zero-order valence-corrected chi connectivity index (χ0v) is 15.8. The Hall–Kier alpha value is -2.71. The van der Waals surface area contributed by atoms with E-state index in [9.17, 15) is 9.59 Å². The van der Waals surface area contributed by atoms with E-state index in [1.807, 2.05) is 50.6 Å². The fourth-order valence-electron chi connectivity index (χ4n) is 3.14. The lowest BCUT2D eigenvalue weighted by Crippen LogP contribution is -2.42. The molecule has 8 heteroatoms. The summed E-state index contributed by atoms with van der Waals surface area (Å²) in [6.45, 7) is 3.24. The molecule has 8 nitrogen and oxygen atoms in total. The summed E-state index contributed by atoms with van der Waals surface area (Å²) in [6, 6.07) is 9.22. The van der Waals surface area contributed by atoms with Crippen LogP contribution in [0, 0.1) is 5.92 Å². The van der Waals surface area contributed by atoms with Crippen molar-refractivity contribution in [3.8, 4) is 5.69 Å². The van der Waals surface area contributed by atoms with Crippen LogP contribution in [0.1, 0.15) is 0 Å². The molecule has 1 aliphatic heterocycles. The van der Waals surface area contributed by atoms with Gasteiger partial charge in [-0.05, 0) is 44.4 Å². The van der Waals surface area contributed by atoms with Gasteiger partial charge in [0.1, 0.15) is 0 Å². The van der Waals surface area contributed by atoms with E-state index < -0.39 is 0 Å². The summed E-state index contributed by atoms with van der Waals surface area (Å²) >= 11 is 0. The van der Waals surface area contributed by atoms with Crippen molar-refractivity contribution in [1.82, 2.24) is 24.9 Å². The van der Waals surface area contributed by atoms with Gasteiger partial charge in [0.15, 0.2) is 0 Å². The van der Waals surface area contributed by atoms with Gasteiger partial charge < -0.3 is 20.4 Å². The highest BCUT2D eigenvalue weighted by atomic mass is 16.2. The quantitative estimate of drug-likeness (QED) is 0.797. The molecule has 1 aromatic carbocycles. The Balaban J connectivity index is 1.48. The number of likely N-dealkylation sites (N-methyl/N-ethyl adjacent to an activating group) is 2. The lowest BCUT2D eigenvalue weighted by molar-refractivity contribution is -0.127. The van der Waals surface area contributed by atoms with Crippen LogP contribution >= 0.6 is 0 Å². The van der Waals surface area contributed by atoms with E-state index in [1.165, 1.54) is 0 Å². The van der Waals surface area contributed by atoms with Crippen molar-refractivity contribution < 1.29 is 9.59 Å². The number of benzene rings is 1. The van der Waals surface area contributed by atoms with Crippen molar-refractivity contribution in [3.05, 3.63) is 42.7 Å². The number of carbonyl (C=O) groups is 2. The van der Waals surface area contributed by atoms with Crippen LogP contribution in [0.5, 0.6) is 0 Å². The Morgan fingerprint density at radius 2 is 1.78 bits per heavy atom. The molecule has 2 heterocycles. The standard InChI is InChI=1S/C19H26N6O2/c1-23-10-11-24(2)14-15(13-23)19(27)20-12-18(26)22-16-4-6-17(7-5-16)25-9-3-8-21-25/h3-9,15H,10-14H2,1-2H3,(H,20,27)(H,22,26). The minimum Gasteiger partial charge on any atom is -0.347 e. The third kappa shape index (κ3) is 5.38. The van der Waals surface area contributed by atoms with Crippen molar-refractivity contribution in [2.75, 3.05) is 52.1 Å². The molecular formula is C19H26N6O2. The molecule has 27 heavy (non-hydrogen) atoms. The molecule has 2 aromatic rings. The molecule has 144 valence electrons. The number of hydrogen-bond acceptors (Lipinski definition) is 5. The second-order valence-corrected chi connectivity index (χ2v) is 6.98. The van der Waals surface area contributed by atoms with Gasteiger partial charge in [-0.1, -0.05) is 0 Å². The van der Waals surface area contributed by atoms with Gasteiger partial charge >= 0.3 is 0 Å². The van der Waals surface area contributed by atoms with Crippen molar-refractivity contribution >= 4 is 17.5 Å². The topological polar surface area (TPSA) is 82.5 Å². The van der Waals surface area contributed by atoms with Gasteiger partial charge in [-0.25, -0.2) is 4.68 Å². The number of nitrogens with one attached hydrogen (secondary N) is 2. The maximum absolute atomic E-state index is 12.4. The fraction of sp³-hybridized carbons (Fsp3) is 0.421. The van der Waals surface area contributed by atoms with Gasteiger partial charge in [0.2, 0.25) is 11.8 Å². The van der Waals surface area contributed by atoms with E-state index in [1.54, 1.807) is 10.9 Å². The van der Waals surface area contributed by atoms with Crippen LogP contribution in [0.25, 0.3) is 5.69 Å². The molecular weight excluding hydrogens is 344 g/mol. The molecule has 3 rings (SSSR count). The van der Waals surface area contributed by atoms with Crippen LogP contribution in [-0.2, 0) is 9.59 Å². The van der Waals surface area contributed by atoms with Crippen molar-refractivity contribution in [1.29, 1.82) is 0 Å². The Labute approximate surface area is 159 Å². The lowest BCUT2D eigenvalue weighted by atomic mass is 10.1. The highest BCUT2D eigenvalue weighted by molar-refractivity contribution is 5.94. The molecule has 0 spiro atoms. The first kappa shape index (κ1) is 19.1. The van der Waals surface area contributed by atoms with E-state index in [0.717, 1.165) is 18.8 Å². The second kappa shape index (κ2) is 8.79. The van der Waals surface area contributed by atoms with Gasteiger partial charge in [-0.3, -0.25) is 9.59 Å². The Bertz CT molecular complexity index is 747. The third-order valence-corrected chi connectivity index (χ3v) is 4.64. The number of nitrogens with zero attached hydrogens (tertiary/aromatic N) is 4. The summed E-state index contributed by atoms with van der Waals surface area (Å²) in [5.41, 5.74) is 1.59. The van der Waals surface area contributed by atoms with Gasteiger partial charge in [-0.15, -0.1) is 0 Å². The Morgan fingerprint density at radius 1 is 1.11 bits per heavy atom. The molecule has 1 saturated heterocycles. The average Bonchev–Trinajstić information content (AvgIpc) is 3.13. The molecule has 1 aromatic heterocycles. The smallest absolute Gasteiger partial charge is 0.243 e. The zero-order valence-electron chi connectivity index (χ0n) is 15.8. The Morgan fingerprint density at radius 3 is 2.37 bits per heavy atom. The number of aromatic nitrogens is 2. The largest absolute Gasteiger partial charge is 0.347 e. The summed E-state index contributed by atoms with van der Waals surface area (Å²) in [6.07, 6.45) is 3.56. The number of rotatable bonds is 5. The van der Waals surface area contributed by atoms with Crippen molar-refractivity contribution in [2.45, 2.75) is 0 Å². The van der Waals surface area contributed by atoms with Crippen LogP contribution in [-0.4, -0.2) is 78.2 Å². The Kier molecular flexibility index (Phi) is 6.20. The van der Waals surface area contributed by atoms with Crippen LogP contribution in [0.2, 0.25) is 0 Å². The summed E-state index contributed by atoms with van der Waals surface area (Å²) in [5, 5.41) is 9.72. The number of anilines is 1. The number of amides is 2. The average molecular weight is 370 g/mol. The maximum Gasteiger partial charge on any atom is 0.243 e. The molecule has 2 amide bonds. The van der Waals surface area contributed by atoms with Crippen LogP contribution in [0.3, 0.4) is 0 Å². The van der Waals surface area contributed by atoms with Crippen LogP contribution in [0.4, 0.5) is 5.69 Å².